The first-order chi connectivity index (χ1) is 13.3. The number of amides is 1. The van der Waals surface area contributed by atoms with Crippen molar-refractivity contribution in [2.75, 3.05) is 32.8 Å². The van der Waals surface area contributed by atoms with Crippen molar-refractivity contribution in [1.29, 1.82) is 0 Å². The highest BCUT2D eigenvalue weighted by atomic mass is 19.4. The first kappa shape index (κ1) is 20.3. The molecule has 8 heteroatoms. The molecule has 0 radical (unpaired) electrons. The van der Waals surface area contributed by atoms with Crippen LogP contribution >= 0.6 is 0 Å². The highest BCUT2D eigenvalue weighted by Crippen LogP contribution is 2.29. The number of nitrogens with zero attached hydrogens (tertiary/aromatic N) is 1. The van der Waals surface area contributed by atoms with Gasteiger partial charge in [0, 0.05) is 25.2 Å². The molecule has 0 aliphatic carbocycles. The zero-order chi connectivity index (χ0) is 20.1. The molecule has 3 rings (SSSR count). The number of alkyl halides is 3. The fourth-order valence-electron chi connectivity index (χ4n) is 3.13. The fourth-order valence-corrected chi connectivity index (χ4v) is 3.13. The van der Waals surface area contributed by atoms with E-state index in [0.29, 0.717) is 26.3 Å². The molecule has 150 valence electrons. The molecule has 1 aliphatic rings. The minimum atomic E-state index is -4.45. The summed E-state index contributed by atoms with van der Waals surface area (Å²) in [5, 5.41) is 2.77. The van der Waals surface area contributed by atoms with Crippen molar-refractivity contribution in [3.05, 3.63) is 71.0 Å². The van der Waals surface area contributed by atoms with Gasteiger partial charge in [-0.1, -0.05) is 12.1 Å². The number of nitrogens with one attached hydrogen (secondary N) is 1. The second-order valence-electron chi connectivity index (χ2n) is 6.50. The van der Waals surface area contributed by atoms with Crippen LogP contribution in [0.4, 0.5) is 17.6 Å². The lowest BCUT2D eigenvalue weighted by molar-refractivity contribution is -0.137. The molecule has 0 saturated carbocycles. The van der Waals surface area contributed by atoms with Crippen LogP contribution in [0, 0.1) is 5.82 Å². The van der Waals surface area contributed by atoms with Crippen molar-refractivity contribution in [3.8, 4) is 0 Å². The molecule has 28 heavy (non-hydrogen) atoms. The molecule has 1 aliphatic heterocycles. The maximum absolute atomic E-state index is 13.3. The summed E-state index contributed by atoms with van der Waals surface area (Å²) in [5.41, 5.74) is 0.186. The van der Waals surface area contributed by atoms with Crippen LogP contribution in [0.1, 0.15) is 27.5 Å². The van der Waals surface area contributed by atoms with E-state index in [2.05, 4.69) is 10.2 Å². The third-order valence-corrected chi connectivity index (χ3v) is 4.67. The van der Waals surface area contributed by atoms with Crippen LogP contribution in [0.25, 0.3) is 0 Å². The van der Waals surface area contributed by atoms with Gasteiger partial charge in [-0.15, -0.1) is 0 Å². The predicted molar refractivity (Wildman–Crippen MR) is 95.3 cm³/mol. The normalized spacial score (nSPS) is 16.6. The number of rotatable bonds is 5. The molecule has 0 bridgehead atoms. The van der Waals surface area contributed by atoms with E-state index in [1.54, 1.807) is 12.1 Å². The topological polar surface area (TPSA) is 41.6 Å². The number of carbonyl (C=O) groups excluding carboxylic acids is 1. The summed E-state index contributed by atoms with van der Waals surface area (Å²) in [6.45, 7) is 2.69. The molecule has 4 nitrogen and oxygen atoms in total. The Bertz CT molecular complexity index is 785. The highest BCUT2D eigenvalue weighted by Gasteiger charge is 2.30. The van der Waals surface area contributed by atoms with E-state index in [9.17, 15) is 22.4 Å². The molecule has 1 atom stereocenters. The second kappa shape index (κ2) is 8.70. The summed E-state index contributed by atoms with van der Waals surface area (Å²) in [4.78, 5) is 14.5. The molecule has 2 aromatic carbocycles. The van der Waals surface area contributed by atoms with E-state index in [1.807, 2.05) is 0 Å². The number of ether oxygens (including phenoxy) is 1. The number of halogens is 4. The van der Waals surface area contributed by atoms with E-state index < -0.39 is 17.6 Å². The Morgan fingerprint density at radius 2 is 1.64 bits per heavy atom. The molecule has 1 N–H and O–H groups in total. The molecule has 1 heterocycles. The molecule has 1 saturated heterocycles. The Morgan fingerprint density at radius 1 is 1.04 bits per heavy atom. The molecule has 0 aromatic heterocycles. The summed E-state index contributed by atoms with van der Waals surface area (Å²) in [7, 11) is 0. The highest BCUT2D eigenvalue weighted by molar-refractivity contribution is 5.94. The lowest BCUT2D eigenvalue weighted by atomic mass is 10.0. The molecule has 1 amide bonds. The summed E-state index contributed by atoms with van der Waals surface area (Å²) in [5.74, 6) is -0.813. The van der Waals surface area contributed by atoms with Gasteiger partial charge in [0.2, 0.25) is 0 Å². The lowest BCUT2D eigenvalue weighted by Crippen LogP contribution is -2.43. The van der Waals surface area contributed by atoms with Gasteiger partial charge in [-0.25, -0.2) is 4.39 Å². The maximum atomic E-state index is 13.3. The molecule has 1 fully saturated rings. The van der Waals surface area contributed by atoms with Crippen LogP contribution in [0.3, 0.4) is 0 Å². The zero-order valence-corrected chi connectivity index (χ0v) is 15.0. The van der Waals surface area contributed by atoms with Crippen LogP contribution in [-0.2, 0) is 10.9 Å². The SMILES string of the molecule is O=C(NCC(c1ccc(F)cc1)N1CCOCC1)c1ccc(C(F)(F)F)cc1. The number of carbonyl (C=O) groups is 1. The average molecular weight is 396 g/mol. The summed E-state index contributed by atoms with van der Waals surface area (Å²) >= 11 is 0. The lowest BCUT2D eigenvalue weighted by Gasteiger charge is -2.35. The molecular weight excluding hydrogens is 376 g/mol. The van der Waals surface area contributed by atoms with Crippen molar-refractivity contribution < 1.29 is 27.1 Å². The largest absolute Gasteiger partial charge is 0.416 e. The van der Waals surface area contributed by atoms with Crippen LogP contribution < -0.4 is 5.32 Å². The third kappa shape index (κ3) is 5.08. The van der Waals surface area contributed by atoms with E-state index in [1.165, 1.54) is 12.1 Å². The number of hydrogen-bond acceptors (Lipinski definition) is 3. The van der Waals surface area contributed by atoms with Crippen molar-refractivity contribution in [2.24, 2.45) is 0 Å². The van der Waals surface area contributed by atoms with E-state index >= 15 is 0 Å². The van der Waals surface area contributed by atoms with Gasteiger partial charge in [-0.05, 0) is 42.0 Å². The van der Waals surface area contributed by atoms with Gasteiger partial charge in [0.05, 0.1) is 24.8 Å². The Hall–Kier alpha value is -2.45. The minimum Gasteiger partial charge on any atom is -0.379 e. The Labute approximate surface area is 160 Å². The summed E-state index contributed by atoms with van der Waals surface area (Å²) < 4.78 is 56.6. The van der Waals surface area contributed by atoms with Crippen LogP contribution in [0.15, 0.2) is 48.5 Å². The van der Waals surface area contributed by atoms with Crippen molar-refractivity contribution in [2.45, 2.75) is 12.2 Å². The number of benzene rings is 2. The quantitative estimate of drug-likeness (QED) is 0.785. The van der Waals surface area contributed by atoms with Gasteiger partial charge >= 0.3 is 6.18 Å². The Kier molecular flexibility index (Phi) is 6.31. The van der Waals surface area contributed by atoms with Gasteiger partial charge in [0.1, 0.15) is 5.82 Å². The smallest absolute Gasteiger partial charge is 0.379 e. The summed E-state index contributed by atoms with van der Waals surface area (Å²) in [6, 6.07) is 9.94. The molecule has 2 aromatic rings. The third-order valence-electron chi connectivity index (χ3n) is 4.67. The van der Waals surface area contributed by atoms with Crippen LogP contribution in [0.5, 0.6) is 0 Å². The van der Waals surface area contributed by atoms with Crippen LogP contribution in [-0.4, -0.2) is 43.7 Å². The molecular formula is C20H20F4N2O2. The number of hydrogen-bond donors (Lipinski definition) is 1. The van der Waals surface area contributed by atoms with E-state index in [4.69, 9.17) is 4.74 Å². The van der Waals surface area contributed by atoms with Gasteiger partial charge in [-0.3, -0.25) is 9.69 Å². The van der Waals surface area contributed by atoms with Gasteiger partial charge in [0.15, 0.2) is 0 Å². The van der Waals surface area contributed by atoms with Crippen molar-refractivity contribution >= 4 is 5.91 Å². The van der Waals surface area contributed by atoms with Crippen LogP contribution in [0.2, 0.25) is 0 Å². The Balaban J connectivity index is 1.70. The first-order valence-electron chi connectivity index (χ1n) is 8.87. The fraction of sp³-hybridized carbons (Fsp3) is 0.350. The minimum absolute atomic E-state index is 0.146. The van der Waals surface area contributed by atoms with E-state index in [-0.39, 0.29) is 24.0 Å². The second-order valence-corrected chi connectivity index (χ2v) is 6.50. The maximum Gasteiger partial charge on any atom is 0.416 e. The summed E-state index contributed by atoms with van der Waals surface area (Å²) in [6.07, 6.45) is -4.45. The molecule has 1 unspecified atom stereocenters. The van der Waals surface area contributed by atoms with Gasteiger partial charge in [0.25, 0.3) is 5.91 Å². The van der Waals surface area contributed by atoms with E-state index in [0.717, 1.165) is 29.8 Å². The average Bonchev–Trinajstić information content (AvgIpc) is 2.69. The number of morpholine rings is 1. The zero-order valence-electron chi connectivity index (χ0n) is 15.0. The van der Waals surface area contributed by atoms with Gasteiger partial charge < -0.3 is 10.1 Å². The molecule has 0 spiro atoms. The van der Waals surface area contributed by atoms with Crippen molar-refractivity contribution in [3.63, 3.8) is 0 Å². The Morgan fingerprint density at radius 3 is 2.21 bits per heavy atom. The van der Waals surface area contributed by atoms with Crippen molar-refractivity contribution in [1.82, 2.24) is 10.2 Å². The standard InChI is InChI=1S/C20H20F4N2O2/c21-17-7-3-14(4-8-17)18(26-9-11-28-12-10-26)13-25-19(27)15-1-5-16(6-2-15)20(22,23)24/h1-8,18H,9-13H2,(H,25,27). The van der Waals surface area contributed by atoms with Gasteiger partial charge in [-0.2, -0.15) is 13.2 Å². The monoisotopic (exact) mass is 396 g/mol. The first-order valence-corrected chi connectivity index (χ1v) is 8.87. The predicted octanol–water partition coefficient (Wildman–Crippen LogP) is 3.65.